The Bertz CT molecular complexity index is 617. The van der Waals surface area contributed by atoms with Crippen molar-refractivity contribution < 1.29 is 4.74 Å². The molecule has 0 aromatic carbocycles. The summed E-state index contributed by atoms with van der Waals surface area (Å²) in [5.41, 5.74) is 2.42. The van der Waals surface area contributed by atoms with Crippen molar-refractivity contribution in [3.8, 4) is 0 Å². The van der Waals surface area contributed by atoms with Gasteiger partial charge in [0, 0.05) is 44.3 Å². The van der Waals surface area contributed by atoms with Crippen molar-refractivity contribution in [1.82, 2.24) is 19.9 Å². The maximum Gasteiger partial charge on any atom is 0.130 e. The van der Waals surface area contributed by atoms with Gasteiger partial charge in [-0.1, -0.05) is 13.0 Å². The Morgan fingerprint density at radius 3 is 2.62 bits per heavy atom. The van der Waals surface area contributed by atoms with E-state index >= 15 is 0 Å². The van der Waals surface area contributed by atoms with Gasteiger partial charge in [-0.25, -0.2) is 9.97 Å². The topological polar surface area (TPSA) is 51.1 Å². The van der Waals surface area contributed by atoms with Crippen LogP contribution in [0.15, 0.2) is 36.9 Å². The van der Waals surface area contributed by atoms with Gasteiger partial charge in [-0.15, -0.1) is 0 Å². The summed E-state index contributed by atoms with van der Waals surface area (Å²) in [6.07, 6.45) is 12.1. The van der Waals surface area contributed by atoms with E-state index in [-0.39, 0.29) is 6.10 Å². The lowest BCUT2D eigenvalue weighted by atomic mass is 10.1. The first-order chi connectivity index (χ1) is 11.7. The molecule has 24 heavy (non-hydrogen) atoms. The standard InChI is InChI=1S/C19H26N4O/c1-3-15-11-21-19(22-12-15)9-17-6-7-18(24-17)14-23(2)13-16-5-4-8-20-10-16/h4-5,8,10-12,17-18H,3,6-7,9,13-14H2,1-2H3/t17-,18+/m0/s1. The van der Waals surface area contributed by atoms with Crippen molar-refractivity contribution >= 4 is 0 Å². The van der Waals surface area contributed by atoms with E-state index in [2.05, 4.69) is 39.9 Å². The molecule has 0 amide bonds. The predicted molar refractivity (Wildman–Crippen MR) is 93.6 cm³/mol. The number of aromatic nitrogens is 3. The number of nitrogens with zero attached hydrogens (tertiary/aromatic N) is 4. The zero-order valence-corrected chi connectivity index (χ0v) is 14.6. The third-order valence-corrected chi connectivity index (χ3v) is 4.46. The van der Waals surface area contributed by atoms with Crippen LogP contribution in [-0.4, -0.2) is 45.7 Å². The van der Waals surface area contributed by atoms with Crippen molar-refractivity contribution in [3.63, 3.8) is 0 Å². The van der Waals surface area contributed by atoms with Gasteiger partial charge >= 0.3 is 0 Å². The molecule has 128 valence electrons. The van der Waals surface area contributed by atoms with Gasteiger partial charge in [0.2, 0.25) is 0 Å². The number of hydrogen-bond donors (Lipinski definition) is 0. The minimum absolute atomic E-state index is 0.245. The van der Waals surface area contributed by atoms with Crippen LogP contribution in [0.4, 0.5) is 0 Å². The molecule has 1 aliphatic heterocycles. The molecule has 5 heteroatoms. The highest BCUT2D eigenvalue weighted by Crippen LogP contribution is 2.23. The molecule has 5 nitrogen and oxygen atoms in total. The van der Waals surface area contributed by atoms with Gasteiger partial charge in [0.05, 0.1) is 12.2 Å². The van der Waals surface area contributed by atoms with Crippen LogP contribution in [-0.2, 0) is 24.1 Å². The van der Waals surface area contributed by atoms with E-state index in [1.807, 2.05) is 30.9 Å². The molecule has 3 rings (SSSR count). The van der Waals surface area contributed by atoms with E-state index in [1.54, 1.807) is 0 Å². The van der Waals surface area contributed by atoms with E-state index in [0.29, 0.717) is 6.10 Å². The Hall–Kier alpha value is -1.85. The lowest BCUT2D eigenvalue weighted by Gasteiger charge is -2.21. The van der Waals surface area contributed by atoms with Crippen LogP contribution in [0.2, 0.25) is 0 Å². The van der Waals surface area contributed by atoms with Crippen molar-refractivity contribution in [2.24, 2.45) is 0 Å². The van der Waals surface area contributed by atoms with Gasteiger partial charge in [-0.3, -0.25) is 9.88 Å². The van der Waals surface area contributed by atoms with Crippen molar-refractivity contribution in [2.75, 3.05) is 13.6 Å². The van der Waals surface area contributed by atoms with Gasteiger partial charge in [-0.05, 0) is 43.5 Å². The molecule has 2 atom stereocenters. The molecule has 0 aliphatic carbocycles. The van der Waals surface area contributed by atoms with Gasteiger partial charge in [0.1, 0.15) is 5.82 Å². The minimum Gasteiger partial charge on any atom is -0.373 e. The Balaban J connectivity index is 1.44. The van der Waals surface area contributed by atoms with Crippen LogP contribution in [0, 0.1) is 0 Å². The molecule has 0 bridgehead atoms. The summed E-state index contributed by atoms with van der Waals surface area (Å²) in [4.78, 5) is 15.4. The fraction of sp³-hybridized carbons (Fsp3) is 0.526. The van der Waals surface area contributed by atoms with Crippen molar-refractivity contribution in [3.05, 3.63) is 53.9 Å². The molecule has 2 aromatic rings. The molecule has 2 aromatic heterocycles. The van der Waals surface area contributed by atoms with Gasteiger partial charge in [-0.2, -0.15) is 0 Å². The molecule has 1 fully saturated rings. The summed E-state index contributed by atoms with van der Waals surface area (Å²) in [7, 11) is 2.14. The quantitative estimate of drug-likeness (QED) is 0.783. The summed E-state index contributed by atoms with van der Waals surface area (Å²) in [5, 5.41) is 0. The molecule has 0 unspecified atom stereocenters. The number of hydrogen-bond acceptors (Lipinski definition) is 5. The maximum absolute atomic E-state index is 6.19. The molecular formula is C19H26N4O. The first-order valence-corrected chi connectivity index (χ1v) is 8.75. The summed E-state index contributed by atoms with van der Waals surface area (Å²) < 4.78 is 6.19. The van der Waals surface area contributed by atoms with Crippen LogP contribution < -0.4 is 0 Å². The van der Waals surface area contributed by atoms with Crippen molar-refractivity contribution in [1.29, 1.82) is 0 Å². The van der Waals surface area contributed by atoms with E-state index in [0.717, 1.165) is 44.6 Å². The second-order valence-electron chi connectivity index (χ2n) is 6.58. The Kier molecular flexibility index (Phi) is 5.88. The Labute approximate surface area is 144 Å². The third kappa shape index (κ3) is 4.82. The zero-order chi connectivity index (χ0) is 16.8. The summed E-state index contributed by atoms with van der Waals surface area (Å²) >= 11 is 0. The molecule has 0 radical (unpaired) electrons. The third-order valence-electron chi connectivity index (χ3n) is 4.46. The molecule has 3 heterocycles. The van der Waals surface area contributed by atoms with Crippen molar-refractivity contribution in [2.45, 2.75) is 51.4 Å². The average Bonchev–Trinajstić information content (AvgIpc) is 3.03. The van der Waals surface area contributed by atoms with Crippen LogP contribution in [0.3, 0.4) is 0 Å². The van der Waals surface area contributed by atoms with E-state index < -0.39 is 0 Å². The van der Waals surface area contributed by atoms with Crippen LogP contribution in [0.1, 0.15) is 36.7 Å². The monoisotopic (exact) mass is 326 g/mol. The summed E-state index contributed by atoms with van der Waals surface area (Å²) in [5.74, 6) is 0.890. The fourth-order valence-electron chi connectivity index (χ4n) is 3.15. The molecule has 1 aliphatic rings. The second kappa shape index (κ2) is 8.31. The van der Waals surface area contributed by atoms with E-state index in [9.17, 15) is 0 Å². The van der Waals surface area contributed by atoms with Crippen LogP contribution in [0.25, 0.3) is 0 Å². The van der Waals surface area contributed by atoms with Gasteiger partial charge in [0.25, 0.3) is 0 Å². The summed E-state index contributed by atoms with van der Waals surface area (Å²) in [6.45, 7) is 3.96. The smallest absolute Gasteiger partial charge is 0.130 e. The molecular weight excluding hydrogens is 300 g/mol. The minimum atomic E-state index is 0.245. The summed E-state index contributed by atoms with van der Waals surface area (Å²) in [6, 6.07) is 4.09. The highest BCUT2D eigenvalue weighted by Gasteiger charge is 2.27. The number of aryl methyl sites for hydroxylation is 1. The largest absolute Gasteiger partial charge is 0.373 e. The van der Waals surface area contributed by atoms with Crippen LogP contribution in [0.5, 0.6) is 0 Å². The zero-order valence-electron chi connectivity index (χ0n) is 14.6. The highest BCUT2D eigenvalue weighted by molar-refractivity contribution is 5.08. The Morgan fingerprint density at radius 1 is 1.12 bits per heavy atom. The lowest BCUT2D eigenvalue weighted by molar-refractivity contribution is 0.0258. The first-order valence-electron chi connectivity index (χ1n) is 8.75. The van der Waals surface area contributed by atoms with E-state index in [4.69, 9.17) is 4.74 Å². The number of pyridine rings is 1. The average molecular weight is 326 g/mol. The number of likely N-dealkylation sites (N-methyl/N-ethyl adjacent to an activating group) is 1. The molecule has 1 saturated heterocycles. The molecule has 0 N–H and O–H groups in total. The van der Waals surface area contributed by atoms with Gasteiger partial charge in [0.15, 0.2) is 0 Å². The predicted octanol–water partition coefficient (Wildman–Crippen LogP) is 2.66. The van der Waals surface area contributed by atoms with Gasteiger partial charge < -0.3 is 4.74 Å². The molecule has 0 spiro atoms. The number of ether oxygens (including phenoxy) is 1. The number of rotatable bonds is 7. The first kappa shape index (κ1) is 17.0. The second-order valence-corrected chi connectivity index (χ2v) is 6.58. The maximum atomic E-state index is 6.19. The fourth-order valence-corrected chi connectivity index (χ4v) is 3.15. The SMILES string of the molecule is CCc1cnc(C[C@@H]2CC[C@H](CN(C)Cc3cccnc3)O2)nc1. The highest BCUT2D eigenvalue weighted by atomic mass is 16.5. The molecule has 0 saturated carbocycles. The lowest BCUT2D eigenvalue weighted by Crippen LogP contribution is -2.29. The Morgan fingerprint density at radius 2 is 1.92 bits per heavy atom. The van der Waals surface area contributed by atoms with E-state index in [1.165, 1.54) is 11.1 Å². The van der Waals surface area contributed by atoms with Crippen LogP contribution >= 0.6 is 0 Å². The normalized spacial score (nSPS) is 20.6.